The van der Waals surface area contributed by atoms with Gasteiger partial charge in [-0.1, -0.05) is 45.9 Å². The van der Waals surface area contributed by atoms with E-state index in [2.05, 4.69) is 87.9 Å². The van der Waals surface area contributed by atoms with Gasteiger partial charge in [0, 0.05) is 23.7 Å². The van der Waals surface area contributed by atoms with Crippen molar-refractivity contribution in [2.24, 2.45) is 0 Å². The van der Waals surface area contributed by atoms with Crippen LogP contribution in [0.1, 0.15) is 61.9 Å². The molecule has 0 saturated heterocycles. The van der Waals surface area contributed by atoms with Crippen molar-refractivity contribution >= 4 is 0 Å². The molecule has 26 heavy (non-hydrogen) atoms. The topological polar surface area (TPSA) is 25.8 Å². The number of hydrogen-bond acceptors (Lipinski definition) is 2. The van der Waals surface area contributed by atoms with Gasteiger partial charge in [0.2, 0.25) is 0 Å². The SMILES string of the molecule is Cc1ccnc(C)c1-c1cc(-c2c(C(C)C)cccc2C(C)C)ccn1. The summed E-state index contributed by atoms with van der Waals surface area (Å²) in [6.07, 6.45) is 3.79. The summed E-state index contributed by atoms with van der Waals surface area (Å²) in [4.78, 5) is 9.14. The molecule has 0 amide bonds. The molecule has 0 fully saturated rings. The van der Waals surface area contributed by atoms with Crippen molar-refractivity contribution in [3.8, 4) is 22.4 Å². The Morgan fingerprint density at radius 1 is 0.731 bits per heavy atom. The maximum absolute atomic E-state index is 4.67. The second kappa shape index (κ2) is 7.41. The molecule has 0 saturated carbocycles. The van der Waals surface area contributed by atoms with Crippen LogP contribution < -0.4 is 0 Å². The Labute approximate surface area is 157 Å². The highest BCUT2D eigenvalue weighted by molar-refractivity contribution is 5.77. The number of hydrogen-bond donors (Lipinski definition) is 0. The van der Waals surface area contributed by atoms with E-state index in [0.717, 1.165) is 17.0 Å². The Hall–Kier alpha value is -2.48. The summed E-state index contributed by atoms with van der Waals surface area (Å²) in [7, 11) is 0. The molecule has 0 bridgehead atoms. The first kappa shape index (κ1) is 18.3. The number of rotatable bonds is 4. The molecule has 0 radical (unpaired) electrons. The lowest BCUT2D eigenvalue weighted by Gasteiger charge is -2.20. The molecule has 0 spiro atoms. The molecule has 2 heterocycles. The van der Waals surface area contributed by atoms with Crippen molar-refractivity contribution < 1.29 is 0 Å². The molecule has 0 atom stereocenters. The fourth-order valence-electron chi connectivity index (χ4n) is 3.69. The minimum absolute atomic E-state index is 0.474. The van der Waals surface area contributed by atoms with Gasteiger partial charge >= 0.3 is 0 Å². The first-order chi connectivity index (χ1) is 12.4. The molecule has 3 rings (SSSR count). The van der Waals surface area contributed by atoms with E-state index in [1.54, 1.807) is 0 Å². The molecule has 2 heteroatoms. The highest BCUT2D eigenvalue weighted by atomic mass is 14.7. The molecule has 0 aliphatic rings. The predicted molar refractivity (Wildman–Crippen MR) is 111 cm³/mol. The predicted octanol–water partition coefficient (Wildman–Crippen LogP) is 6.67. The van der Waals surface area contributed by atoms with Crippen LogP contribution in [0.3, 0.4) is 0 Å². The third kappa shape index (κ3) is 3.41. The van der Waals surface area contributed by atoms with Crippen LogP contribution in [0.2, 0.25) is 0 Å². The van der Waals surface area contributed by atoms with Gasteiger partial charge in [-0.2, -0.15) is 0 Å². The van der Waals surface area contributed by atoms with Gasteiger partial charge in [-0.15, -0.1) is 0 Å². The van der Waals surface area contributed by atoms with Crippen LogP contribution in [0.25, 0.3) is 22.4 Å². The molecule has 0 aliphatic heterocycles. The first-order valence-electron chi connectivity index (χ1n) is 9.42. The molecule has 134 valence electrons. The van der Waals surface area contributed by atoms with Crippen LogP contribution in [0.5, 0.6) is 0 Å². The first-order valence-corrected chi connectivity index (χ1v) is 9.42. The summed E-state index contributed by atoms with van der Waals surface area (Å²) in [5, 5.41) is 0. The largest absolute Gasteiger partial charge is 0.261 e. The summed E-state index contributed by atoms with van der Waals surface area (Å²) >= 11 is 0. The van der Waals surface area contributed by atoms with Crippen molar-refractivity contribution in [1.82, 2.24) is 9.97 Å². The molecule has 2 nitrogen and oxygen atoms in total. The molecular formula is C24H28N2. The fraction of sp³-hybridized carbons (Fsp3) is 0.333. The monoisotopic (exact) mass is 344 g/mol. The van der Waals surface area contributed by atoms with Gasteiger partial charge in [-0.05, 0) is 71.7 Å². The lowest BCUT2D eigenvalue weighted by atomic mass is 9.85. The standard InChI is InChI=1S/C24H28N2/c1-15(2)20-8-7-9-21(16(3)4)24(20)19-11-13-26-22(14-19)23-17(5)10-12-25-18(23)6/h7-16H,1-6H3. The number of aryl methyl sites for hydroxylation is 2. The minimum Gasteiger partial charge on any atom is -0.261 e. The highest BCUT2D eigenvalue weighted by Crippen LogP contribution is 2.37. The van der Waals surface area contributed by atoms with Gasteiger partial charge in [0.1, 0.15) is 0 Å². The maximum Gasteiger partial charge on any atom is 0.0729 e. The second-order valence-corrected chi connectivity index (χ2v) is 7.64. The van der Waals surface area contributed by atoms with Gasteiger partial charge in [-0.3, -0.25) is 9.97 Å². The average molecular weight is 345 g/mol. The van der Waals surface area contributed by atoms with Gasteiger partial charge in [0.15, 0.2) is 0 Å². The van der Waals surface area contributed by atoms with Crippen molar-refractivity contribution in [3.05, 3.63) is 71.2 Å². The van der Waals surface area contributed by atoms with E-state index in [0.29, 0.717) is 11.8 Å². The summed E-state index contributed by atoms with van der Waals surface area (Å²) in [5.41, 5.74) is 9.77. The Morgan fingerprint density at radius 3 is 1.92 bits per heavy atom. The number of pyridine rings is 2. The molecule has 1 aromatic carbocycles. The van der Waals surface area contributed by atoms with Crippen LogP contribution in [0, 0.1) is 13.8 Å². The zero-order valence-corrected chi connectivity index (χ0v) is 16.7. The van der Waals surface area contributed by atoms with Crippen LogP contribution in [0.15, 0.2) is 48.8 Å². The van der Waals surface area contributed by atoms with Gasteiger partial charge < -0.3 is 0 Å². The Morgan fingerprint density at radius 2 is 1.35 bits per heavy atom. The lowest BCUT2D eigenvalue weighted by molar-refractivity contribution is 0.838. The second-order valence-electron chi connectivity index (χ2n) is 7.64. The molecule has 3 aromatic rings. The van der Waals surface area contributed by atoms with E-state index in [4.69, 9.17) is 0 Å². The van der Waals surface area contributed by atoms with E-state index in [9.17, 15) is 0 Å². The van der Waals surface area contributed by atoms with E-state index in [1.807, 2.05) is 12.4 Å². The van der Waals surface area contributed by atoms with Gasteiger partial charge in [0.05, 0.1) is 5.69 Å². The quantitative estimate of drug-likeness (QED) is 0.528. The van der Waals surface area contributed by atoms with Crippen molar-refractivity contribution in [1.29, 1.82) is 0 Å². The summed E-state index contributed by atoms with van der Waals surface area (Å²) in [6.45, 7) is 13.2. The third-order valence-electron chi connectivity index (χ3n) is 5.03. The smallest absolute Gasteiger partial charge is 0.0729 e. The average Bonchev–Trinajstić information content (AvgIpc) is 2.61. The number of benzene rings is 1. The van der Waals surface area contributed by atoms with E-state index < -0.39 is 0 Å². The minimum atomic E-state index is 0.474. The number of aromatic nitrogens is 2. The van der Waals surface area contributed by atoms with Crippen molar-refractivity contribution in [3.63, 3.8) is 0 Å². The maximum atomic E-state index is 4.67. The molecule has 2 aromatic heterocycles. The van der Waals surface area contributed by atoms with Gasteiger partial charge in [-0.25, -0.2) is 0 Å². The third-order valence-corrected chi connectivity index (χ3v) is 5.03. The Bertz CT molecular complexity index is 877. The number of nitrogens with zero attached hydrogens (tertiary/aromatic N) is 2. The van der Waals surface area contributed by atoms with Gasteiger partial charge in [0.25, 0.3) is 0 Å². The summed E-state index contributed by atoms with van der Waals surface area (Å²) < 4.78 is 0. The Balaban J connectivity index is 2.24. The summed E-state index contributed by atoms with van der Waals surface area (Å²) in [6, 6.07) is 13.1. The van der Waals surface area contributed by atoms with Crippen LogP contribution in [0.4, 0.5) is 0 Å². The van der Waals surface area contributed by atoms with Crippen LogP contribution in [-0.2, 0) is 0 Å². The van der Waals surface area contributed by atoms with E-state index >= 15 is 0 Å². The highest BCUT2D eigenvalue weighted by Gasteiger charge is 2.17. The van der Waals surface area contributed by atoms with Crippen molar-refractivity contribution in [2.75, 3.05) is 0 Å². The van der Waals surface area contributed by atoms with Crippen LogP contribution >= 0.6 is 0 Å². The lowest BCUT2D eigenvalue weighted by Crippen LogP contribution is -2.01. The fourth-order valence-corrected chi connectivity index (χ4v) is 3.69. The van der Waals surface area contributed by atoms with Crippen molar-refractivity contribution in [2.45, 2.75) is 53.4 Å². The molecule has 0 aliphatic carbocycles. The van der Waals surface area contributed by atoms with Crippen LogP contribution in [-0.4, -0.2) is 9.97 Å². The zero-order chi connectivity index (χ0) is 18.8. The normalized spacial score (nSPS) is 11.4. The van der Waals surface area contributed by atoms with E-state index in [1.165, 1.54) is 27.8 Å². The Kier molecular flexibility index (Phi) is 5.22. The summed E-state index contributed by atoms with van der Waals surface area (Å²) in [5.74, 6) is 0.948. The van der Waals surface area contributed by atoms with E-state index in [-0.39, 0.29) is 0 Å². The molecule has 0 N–H and O–H groups in total. The molecule has 0 unspecified atom stereocenters. The molecular weight excluding hydrogens is 316 g/mol. The zero-order valence-electron chi connectivity index (χ0n) is 16.7.